The number of carbonyl (C=O) groups is 1. The van der Waals surface area contributed by atoms with E-state index in [2.05, 4.69) is 30.2 Å². The van der Waals surface area contributed by atoms with Gasteiger partial charge < -0.3 is 14.5 Å². The minimum absolute atomic E-state index is 0.0531. The molecule has 1 aliphatic heterocycles. The molecule has 4 heterocycles. The van der Waals surface area contributed by atoms with Crippen LogP contribution in [0.15, 0.2) is 36.9 Å². The third kappa shape index (κ3) is 3.53. The molecule has 0 atom stereocenters. The monoisotopic (exact) mass is 354 g/mol. The minimum atomic E-state index is -0.0634. The number of fused-ring (bicyclic) bond motifs is 1. The van der Waals surface area contributed by atoms with Gasteiger partial charge >= 0.3 is 0 Å². The fourth-order valence-corrected chi connectivity index (χ4v) is 2.84. The summed E-state index contributed by atoms with van der Waals surface area (Å²) in [7, 11) is 0. The first-order valence-electron chi connectivity index (χ1n) is 8.39. The van der Waals surface area contributed by atoms with Crippen molar-refractivity contribution in [3.05, 3.63) is 36.9 Å². The van der Waals surface area contributed by atoms with E-state index in [0.29, 0.717) is 37.1 Å². The molecule has 134 valence electrons. The van der Waals surface area contributed by atoms with Crippen LogP contribution in [0.1, 0.15) is 6.42 Å². The molecule has 0 radical (unpaired) electrons. The van der Waals surface area contributed by atoms with Crippen LogP contribution in [0, 0.1) is 0 Å². The molecule has 0 saturated carbocycles. The first kappa shape index (κ1) is 16.2. The molecule has 1 saturated heterocycles. The van der Waals surface area contributed by atoms with Gasteiger partial charge in [0.25, 0.3) is 5.91 Å². The maximum Gasteiger partial charge on any atom is 0.260 e. The molecule has 1 aliphatic rings. The van der Waals surface area contributed by atoms with Crippen molar-refractivity contribution < 1.29 is 9.53 Å². The van der Waals surface area contributed by atoms with Gasteiger partial charge in [-0.25, -0.2) is 9.97 Å². The Balaban J connectivity index is 1.33. The minimum Gasteiger partial charge on any atom is -0.467 e. The van der Waals surface area contributed by atoms with Crippen molar-refractivity contribution in [2.75, 3.05) is 37.7 Å². The maximum atomic E-state index is 12.5. The van der Waals surface area contributed by atoms with E-state index in [0.717, 1.165) is 13.0 Å². The Morgan fingerprint density at radius 3 is 2.88 bits per heavy atom. The smallest absolute Gasteiger partial charge is 0.260 e. The van der Waals surface area contributed by atoms with E-state index in [4.69, 9.17) is 4.74 Å². The molecule has 0 bridgehead atoms. The highest BCUT2D eigenvalue weighted by Gasteiger charge is 2.20. The number of amides is 1. The molecule has 4 rings (SSSR count). The molecule has 10 nitrogen and oxygen atoms in total. The number of carbonyl (C=O) groups excluding carboxylic acids is 1. The molecule has 0 unspecified atom stereocenters. The summed E-state index contributed by atoms with van der Waals surface area (Å²) in [4.78, 5) is 24.9. The van der Waals surface area contributed by atoms with Crippen molar-refractivity contribution >= 4 is 17.5 Å². The quantitative estimate of drug-likeness (QED) is 0.647. The highest BCUT2D eigenvalue weighted by molar-refractivity contribution is 5.77. The number of nitrogens with zero attached hydrogens (tertiary/aromatic N) is 8. The van der Waals surface area contributed by atoms with E-state index in [1.165, 1.54) is 10.8 Å². The summed E-state index contributed by atoms with van der Waals surface area (Å²) in [5.74, 6) is 0.996. The predicted octanol–water partition coefficient (Wildman–Crippen LogP) is 0.0320. The molecule has 10 heteroatoms. The standard InChI is InChI=1S/C16H18N8O2/c25-15(11-26-14-4-3-13-20-19-12-24(13)21-14)22-7-2-8-23(10-9-22)16-17-5-1-6-18-16/h1,3-6,12H,2,7-11H2. The lowest BCUT2D eigenvalue weighted by Crippen LogP contribution is -2.38. The van der Waals surface area contributed by atoms with Gasteiger partial charge in [-0.05, 0) is 18.6 Å². The summed E-state index contributed by atoms with van der Waals surface area (Å²) in [6.07, 6.45) is 5.79. The van der Waals surface area contributed by atoms with Crippen molar-refractivity contribution in [1.82, 2.24) is 34.7 Å². The number of anilines is 1. The van der Waals surface area contributed by atoms with Gasteiger partial charge in [0.2, 0.25) is 11.8 Å². The van der Waals surface area contributed by atoms with Crippen molar-refractivity contribution in [2.24, 2.45) is 0 Å². The highest BCUT2D eigenvalue weighted by Crippen LogP contribution is 2.11. The van der Waals surface area contributed by atoms with E-state index < -0.39 is 0 Å². The summed E-state index contributed by atoms with van der Waals surface area (Å²) in [5, 5.41) is 11.8. The fourth-order valence-electron chi connectivity index (χ4n) is 2.84. The van der Waals surface area contributed by atoms with Gasteiger partial charge in [0.05, 0.1) is 0 Å². The van der Waals surface area contributed by atoms with Crippen LogP contribution in [0.2, 0.25) is 0 Å². The van der Waals surface area contributed by atoms with Gasteiger partial charge in [-0.1, -0.05) is 0 Å². The summed E-state index contributed by atoms with van der Waals surface area (Å²) in [6, 6.07) is 5.21. The lowest BCUT2D eigenvalue weighted by Gasteiger charge is -2.22. The normalized spacial score (nSPS) is 15.1. The average Bonchev–Trinajstić information content (AvgIpc) is 3.01. The highest BCUT2D eigenvalue weighted by atomic mass is 16.5. The largest absolute Gasteiger partial charge is 0.467 e. The van der Waals surface area contributed by atoms with Crippen molar-refractivity contribution in [3.63, 3.8) is 0 Å². The van der Waals surface area contributed by atoms with E-state index in [-0.39, 0.29) is 12.5 Å². The summed E-state index contributed by atoms with van der Waals surface area (Å²) >= 11 is 0. The summed E-state index contributed by atoms with van der Waals surface area (Å²) in [6.45, 7) is 2.76. The van der Waals surface area contributed by atoms with Crippen LogP contribution in [0.3, 0.4) is 0 Å². The molecule has 0 spiro atoms. The van der Waals surface area contributed by atoms with Crippen LogP contribution in [-0.4, -0.2) is 73.4 Å². The molecule has 0 N–H and O–H groups in total. The molecule has 0 aromatic carbocycles. The molecule has 3 aromatic heterocycles. The molecular formula is C16H18N8O2. The number of rotatable bonds is 4. The average molecular weight is 354 g/mol. The number of hydrogen-bond acceptors (Lipinski definition) is 8. The molecule has 1 amide bonds. The van der Waals surface area contributed by atoms with Gasteiger partial charge in [-0.3, -0.25) is 4.79 Å². The van der Waals surface area contributed by atoms with E-state index in [1.54, 1.807) is 35.5 Å². The number of hydrogen-bond donors (Lipinski definition) is 0. The molecule has 0 aliphatic carbocycles. The van der Waals surface area contributed by atoms with Crippen LogP contribution in [0.25, 0.3) is 5.65 Å². The summed E-state index contributed by atoms with van der Waals surface area (Å²) < 4.78 is 7.04. The van der Waals surface area contributed by atoms with Crippen molar-refractivity contribution in [3.8, 4) is 5.88 Å². The Morgan fingerprint density at radius 1 is 1.12 bits per heavy atom. The first-order valence-corrected chi connectivity index (χ1v) is 8.39. The Morgan fingerprint density at radius 2 is 2.00 bits per heavy atom. The number of aromatic nitrogens is 6. The predicted molar refractivity (Wildman–Crippen MR) is 91.7 cm³/mol. The van der Waals surface area contributed by atoms with Gasteiger partial charge in [0, 0.05) is 44.6 Å². The maximum absolute atomic E-state index is 12.5. The van der Waals surface area contributed by atoms with Gasteiger partial charge in [-0.15, -0.1) is 15.3 Å². The second kappa shape index (κ2) is 7.30. The van der Waals surface area contributed by atoms with Crippen LogP contribution in [0.4, 0.5) is 5.95 Å². The SMILES string of the molecule is O=C(COc1ccc2nncn2n1)N1CCCN(c2ncccn2)CC1. The first-order chi connectivity index (χ1) is 12.8. The zero-order chi connectivity index (χ0) is 17.8. The lowest BCUT2D eigenvalue weighted by molar-refractivity contribution is -0.133. The molecule has 26 heavy (non-hydrogen) atoms. The van der Waals surface area contributed by atoms with Crippen LogP contribution in [0.5, 0.6) is 5.88 Å². The third-order valence-electron chi connectivity index (χ3n) is 4.16. The van der Waals surface area contributed by atoms with Crippen LogP contribution >= 0.6 is 0 Å². The molecule has 1 fully saturated rings. The van der Waals surface area contributed by atoms with Crippen LogP contribution < -0.4 is 9.64 Å². The second-order valence-corrected chi connectivity index (χ2v) is 5.86. The Bertz CT molecular complexity index is 884. The Labute approximate surface area is 149 Å². The fraction of sp³-hybridized carbons (Fsp3) is 0.375. The zero-order valence-electron chi connectivity index (χ0n) is 14.1. The molecular weight excluding hydrogens is 336 g/mol. The summed E-state index contributed by atoms with van der Waals surface area (Å²) in [5.41, 5.74) is 0.624. The van der Waals surface area contributed by atoms with E-state index >= 15 is 0 Å². The van der Waals surface area contributed by atoms with Crippen molar-refractivity contribution in [1.29, 1.82) is 0 Å². The zero-order valence-corrected chi connectivity index (χ0v) is 14.1. The Kier molecular flexibility index (Phi) is 4.54. The van der Waals surface area contributed by atoms with E-state index in [1.807, 2.05) is 0 Å². The Hall–Kier alpha value is -3.30. The van der Waals surface area contributed by atoms with Crippen molar-refractivity contribution in [2.45, 2.75) is 6.42 Å². The van der Waals surface area contributed by atoms with E-state index in [9.17, 15) is 4.79 Å². The lowest BCUT2D eigenvalue weighted by atomic mass is 10.4. The van der Waals surface area contributed by atoms with Crippen LogP contribution in [-0.2, 0) is 4.79 Å². The van der Waals surface area contributed by atoms with Gasteiger partial charge in [-0.2, -0.15) is 4.52 Å². The molecule has 3 aromatic rings. The number of ether oxygens (including phenoxy) is 1. The van der Waals surface area contributed by atoms with Gasteiger partial charge in [0.1, 0.15) is 6.33 Å². The topological polar surface area (TPSA) is 102 Å². The van der Waals surface area contributed by atoms with Gasteiger partial charge in [0.15, 0.2) is 12.3 Å². The second-order valence-electron chi connectivity index (χ2n) is 5.86. The third-order valence-corrected chi connectivity index (χ3v) is 4.16.